The lowest BCUT2D eigenvalue weighted by Crippen LogP contribution is -2.20. The van der Waals surface area contributed by atoms with Gasteiger partial charge in [0.15, 0.2) is 0 Å². The second-order valence-corrected chi connectivity index (χ2v) is 3.19. The molecule has 0 spiro atoms. The van der Waals surface area contributed by atoms with E-state index in [9.17, 15) is 4.79 Å². The molecule has 0 heterocycles. The topological polar surface area (TPSA) is 26.3 Å². The molecule has 0 aromatic carbocycles. The molecule has 1 aliphatic rings. The highest BCUT2D eigenvalue weighted by Gasteiger charge is 2.31. The molecule has 2 nitrogen and oxygen atoms in total. The summed E-state index contributed by atoms with van der Waals surface area (Å²) >= 11 is 0. The molecule has 12 heavy (non-hydrogen) atoms. The molecule has 0 unspecified atom stereocenters. The summed E-state index contributed by atoms with van der Waals surface area (Å²) in [5.41, 5.74) is 0. The largest absolute Gasteiger partial charge is 0.466 e. The highest BCUT2D eigenvalue weighted by Crippen LogP contribution is 2.33. The quantitative estimate of drug-likeness (QED) is 0.477. The van der Waals surface area contributed by atoms with Gasteiger partial charge in [-0.25, -0.2) is 0 Å². The first-order valence-electron chi connectivity index (χ1n) is 4.58. The number of rotatable bonds is 3. The lowest BCUT2D eigenvalue weighted by Gasteiger charge is -2.13. The molecule has 2 heteroatoms. The van der Waals surface area contributed by atoms with E-state index in [1.807, 2.05) is 13.0 Å². The molecule has 1 rings (SSSR count). The normalized spacial score (nSPS) is 28.4. The van der Waals surface area contributed by atoms with Crippen LogP contribution in [0.4, 0.5) is 0 Å². The summed E-state index contributed by atoms with van der Waals surface area (Å²) in [6, 6.07) is 0. The first-order valence-corrected chi connectivity index (χ1v) is 4.58. The van der Waals surface area contributed by atoms with Gasteiger partial charge in [0.25, 0.3) is 0 Å². The van der Waals surface area contributed by atoms with Gasteiger partial charge < -0.3 is 4.74 Å². The highest BCUT2D eigenvalue weighted by molar-refractivity contribution is 5.73. The number of ether oxygens (including phenoxy) is 1. The highest BCUT2D eigenvalue weighted by atomic mass is 16.5. The predicted octanol–water partition coefficient (Wildman–Crippen LogP) is 2.15. The van der Waals surface area contributed by atoms with E-state index in [0.717, 1.165) is 19.3 Å². The van der Waals surface area contributed by atoms with Crippen LogP contribution in [-0.2, 0) is 9.53 Å². The van der Waals surface area contributed by atoms with Crippen molar-refractivity contribution < 1.29 is 9.53 Å². The number of allylic oxidation sites excluding steroid dienone is 1. The van der Waals surface area contributed by atoms with Crippen LogP contribution in [0.15, 0.2) is 12.7 Å². The van der Waals surface area contributed by atoms with E-state index >= 15 is 0 Å². The third kappa shape index (κ3) is 1.87. The first kappa shape index (κ1) is 9.30. The molecule has 0 aromatic heterocycles. The van der Waals surface area contributed by atoms with Crippen molar-refractivity contribution in [2.24, 2.45) is 11.8 Å². The maximum Gasteiger partial charge on any atom is 0.309 e. The second-order valence-electron chi connectivity index (χ2n) is 3.19. The average molecular weight is 168 g/mol. The molecule has 68 valence electrons. The van der Waals surface area contributed by atoms with Crippen molar-refractivity contribution in [1.82, 2.24) is 0 Å². The summed E-state index contributed by atoms with van der Waals surface area (Å²) in [7, 11) is 0. The number of carbonyl (C=O) groups is 1. The van der Waals surface area contributed by atoms with E-state index < -0.39 is 0 Å². The Morgan fingerprint density at radius 1 is 1.67 bits per heavy atom. The Morgan fingerprint density at radius 2 is 2.42 bits per heavy atom. The van der Waals surface area contributed by atoms with Gasteiger partial charge in [-0.15, -0.1) is 6.58 Å². The average Bonchev–Trinajstić information content (AvgIpc) is 2.51. The third-order valence-corrected chi connectivity index (χ3v) is 2.46. The van der Waals surface area contributed by atoms with Crippen LogP contribution in [0.5, 0.6) is 0 Å². The molecule has 0 bridgehead atoms. The Balaban J connectivity index is 2.49. The third-order valence-electron chi connectivity index (χ3n) is 2.46. The van der Waals surface area contributed by atoms with Crippen LogP contribution < -0.4 is 0 Å². The van der Waals surface area contributed by atoms with Crippen molar-refractivity contribution in [2.45, 2.75) is 26.2 Å². The van der Waals surface area contributed by atoms with Gasteiger partial charge in [0.1, 0.15) is 0 Å². The monoisotopic (exact) mass is 168 g/mol. The molecule has 1 fully saturated rings. The van der Waals surface area contributed by atoms with Gasteiger partial charge in [-0.1, -0.05) is 12.5 Å². The van der Waals surface area contributed by atoms with Crippen molar-refractivity contribution in [3.05, 3.63) is 12.7 Å². The van der Waals surface area contributed by atoms with Crippen molar-refractivity contribution in [1.29, 1.82) is 0 Å². The number of esters is 1. The van der Waals surface area contributed by atoms with Crippen molar-refractivity contribution in [3.8, 4) is 0 Å². The number of carbonyl (C=O) groups excluding carboxylic acids is 1. The van der Waals surface area contributed by atoms with Crippen LogP contribution in [0.3, 0.4) is 0 Å². The Morgan fingerprint density at radius 3 is 3.00 bits per heavy atom. The van der Waals surface area contributed by atoms with Crippen LogP contribution in [0, 0.1) is 11.8 Å². The molecule has 0 saturated heterocycles. The molecule has 0 amide bonds. The zero-order chi connectivity index (χ0) is 8.97. The van der Waals surface area contributed by atoms with Crippen LogP contribution in [0.2, 0.25) is 0 Å². The predicted molar refractivity (Wildman–Crippen MR) is 47.7 cm³/mol. The zero-order valence-corrected chi connectivity index (χ0v) is 7.58. The van der Waals surface area contributed by atoms with Gasteiger partial charge in [0, 0.05) is 0 Å². The van der Waals surface area contributed by atoms with Gasteiger partial charge in [-0.2, -0.15) is 0 Å². The Kier molecular flexibility index (Phi) is 3.32. The minimum atomic E-state index is -0.0418. The standard InChI is InChI=1S/C10H16O2/c1-3-8-6-5-7-9(8)10(11)12-4-2/h3,8-9H,1,4-7H2,2H3/t8-,9-/m1/s1. The lowest BCUT2D eigenvalue weighted by atomic mass is 9.97. The summed E-state index contributed by atoms with van der Waals surface area (Å²) in [6.45, 7) is 6.06. The molecule has 1 saturated carbocycles. The lowest BCUT2D eigenvalue weighted by molar-refractivity contribution is -0.148. The van der Waals surface area contributed by atoms with Crippen LogP contribution >= 0.6 is 0 Å². The van der Waals surface area contributed by atoms with Crippen molar-refractivity contribution in [3.63, 3.8) is 0 Å². The van der Waals surface area contributed by atoms with Gasteiger partial charge in [0.05, 0.1) is 12.5 Å². The van der Waals surface area contributed by atoms with Crippen LogP contribution in [0.25, 0.3) is 0 Å². The fourth-order valence-electron chi connectivity index (χ4n) is 1.81. The molecule has 0 N–H and O–H groups in total. The van der Waals surface area contributed by atoms with Crippen molar-refractivity contribution in [2.75, 3.05) is 6.61 Å². The minimum absolute atomic E-state index is 0.0418. The van der Waals surface area contributed by atoms with E-state index in [0.29, 0.717) is 12.5 Å². The van der Waals surface area contributed by atoms with Crippen LogP contribution in [0.1, 0.15) is 26.2 Å². The Hall–Kier alpha value is -0.790. The summed E-state index contributed by atoms with van der Waals surface area (Å²) in [6.07, 6.45) is 5.07. The van der Waals surface area contributed by atoms with Crippen LogP contribution in [-0.4, -0.2) is 12.6 Å². The number of hydrogen-bond donors (Lipinski definition) is 0. The SMILES string of the molecule is C=C[C@@H]1CCC[C@H]1C(=O)OCC. The van der Waals surface area contributed by atoms with Crippen molar-refractivity contribution >= 4 is 5.97 Å². The maximum atomic E-state index is 11.3. The molecule has 1 aliphatic carbocycles. The van der Waals surface area contributed by atoms with Gasteiger partial charge in [0.2, 0.25) is 0 Å². The maximum absolute atomic E-state index is 11.3. The van der Waals surface area contributed by atoms with E-state index in [1.165, 1.54) is 0 Å². The van der Waals surface area contributed by atoms with E-state index in [-0.39, 0.29) is 11.9 Å². The molecule has 0 radical (unpaired) electrons. The van der Waals surface area contributed by atoms with E-state index in [2.05, 4.69) is 6.58 Å². The molecular formula is C10H16O2. The first-order chi connectivity index (χ1) is 5.79. The summed E-state index contributed by atoms with van der Waals surface area (Å²) in [4.78, 5) is 11.3. The minimum Gasteiger partial charge on any atom is -0.466 e. The smallest absolute Gasteiger partial charge is 0.309 e. The Bertz CT molecular complexity index is 175. The summed E-state index contributed by atoms with van der Waals surface area (Å²) in [5.74, 6) is 0.395. The number of hydrogen-bond acceptors (Lipinski definition) is 2. The zero-order valence-electron chi connectivity index (χ0n) is 7.58. The second kappa shape index (κ2) is 4.29. The molecular weight excluding hydrogens is 152 g/mol. The summed E-state index contributed by atoms with van der Waals surface area (Å²) in [5, 5.41) is 0. The Labute approximate surface area is 73.6 Å². The van der Waals surface area contributed by atoms with Gasteiger partial charge >= 0.3 is 5.97 Å². The van der Waals surface area contributed by atoms with Gasteiger partial charge in [-0.05, 0) is 25.7 Å². The van der Waals surface area contributed by atoms with Gasteiger partial charge in [-0.3, -0.25) is 4.79 Å². The molecule has 2 atom stereocenters. The van der Waals surface area contributed by atoms with E-state index in [1.54, 1.807) is 0 Å². The fourth-order valence-corrected chi connectivity index (χ4v) is 1.81. The molecule has 0 aliphatic heterocycles. The van der Waals surface area contributed by atoms with E-state index in [4.69, 9.17) is 4.74 Å². The molecule has 0 aromatic rings. The fraction of sp³-hybridized carbons (Fsp3) is 0.700. The summed E-state index contributed by atoms with van der Waals surface area (Å²) < 4.78 is 4.97.